The standard InChI is InChI=1S/C16H24N2O/c1-12-6-7-15(14(10-12)16(2,3)4)19-9-8-13(11-17)18-5/h6-7,10,13,18H,8-9H2,1-5H3. The molecule has 0 aromatic heterocycles. The summed E-state index contributed by atoms with van der Waals surface area (Å²) in [7, 11) is 1.79. The molecule has 1 aromatic rings. The minimum Gasteiger partial charge on any atom is -0.493 e. The molecule has 3 heteroatoms. The van der Waals surface area contributed by atoms with E-state index >= 15 is 0 Å². The zero-order chi connectivity index (χ0) is 14.5. The van der Waals surface area contributed by atoms with Gasteiger partial charge in [-0.05, 0) is 31.0 Å². The largest absolute Gasteiger partial charge is 0.493 e. The first-order chi connectivity index (χ1) is 8.88. The SMILES string of the molecule is CNC(C#N)CCOc1ccc(C)cc1C(C)(C)C. The highest BCUT2D eigenvalue weighted by molar-refractivity contribution is 5.41. The van der Waals surface area contributed by atoms with Crippen LogP contribution in [0.4, 0.5) is 0 Å². The van der Waals surface area contributed by atoms with E-state index in [9.17, 15) is 0 Å². The van der Waals surface area contributed by atoms with E-state index in [4.69, 9.17) is 10.00 Å². The molecule has 0 saturated carbocycles. The monoisotopic (exact) mass is 260 g/mol. The van der Waals surface area contributed by atoms with Crippen LogP contribution in [0.15, 0.2) is 18.2 Å². The second-order valence-electron chi connectivity index (χ2n) is 5.86. The summed E-state index contributed by atoms with van der Waals surface area (Å²) in [5.41, 5.74) is 2.51. The first-order valence-corrected chi connectivity index (χ1v) is 6.69. The quantitative estimate of drug-likeness (QED) is 0.884. The summed E-state index contributed by atoms with van der Waals surface area (Å²) in [5, 5.41) is 11.8. The van der Waals surface area contributed by atoms with Crippen LogP contribution in [0.25, 0.3) is 0 Å². The summed E-state index contributed by atoms with van der Waals surface area (Å²) in [6.45, 7) is 9.18. The maximum Gasteiger partial charge on any atom is 0.123 e. The predicted molar refractivity (Wildman–Crippen MR) is 78.5 cm³/mol. The van der Waals surface area contributed by atoms with Gasteiger partial charge < -0.3 is 10.1 Å². The lowest BCUT2D eigenvalue weighted by Crippen LogP contribution is -2.25. The zero-order valence-electron chi connectivity index (χ0n) is 12.6. The molecule has 1 aromatic carbocycles. The van der Waals surface area contributed by atoms with Gasteiger partial charge in [0.25, 0.3) is 0 Å². The molecule has 0 heterocycles. The van der Waals surface area contributed by atoms with E-state index in [1.807, 2.05) is 6.07 Å². The van der Waals surface area contributed by atoms with Gasteiger partial charge in [0.15, 0.2) is 0 Å². The molecule has 104 valence electrons. The van der Waals surface area contributed by atoms with E-state index in [0.717, 1.165) is 5.75 Å². The lowest BCUT2D eigenvalue weighted by Gasteiger charge is -2.23. The van der Waals surface area contributed by atoms with Crippen molar-refractivity contribution < 1.29 is 4.74 Å². The van der Waals surface area contributed by atoms with Crippen LogP contribution in [0.3, 0.4) is 0 Å². The Bertz CT molecular complexity index is 455. The molecule has 1 rings (SSSR count). The van der Waals surface area contributed by atoms with Gasteiger partial charge in [0.2, 0.25) is 0 Å². The summed E-state index contributed by atoms with van der Waals surface area (Å²) < 4.78 is 5.86. The van der Waals surface area contributed by atoms with Crippen LogP contribution in [-0.2, 0) is 5.41 Å². The van der Waals surface area contributed by atoms with E-state index < -0.39 is 0 Å². The third-order valence-corrected chi connectivity index (χ3v) is 3.11. The topological polar surface area (TPSA) is 45.0 Å². The maximum atomic E-state index is 8.88. The highest BCUT2D eigenvalue weighted by Crippen LogP contribution is 2.32. The van der Waals surface area contributed by atoms with Crippen molar-refractivity contribution in [1.29, 1.82) is 5.26 Å². The van der Waals surface area contributed by atoms with E-state index in [1.54, 1.807) is 7.05 Å². The number of nitrogens with one attached hydrogen (secondary N) is 1. The molecule has 19 heavy (non-hydrogen) atoms. The van der Waals surface area contributed by atoms with Gasteiger partial charge in [0, 0.05) is 6.42 Å². The molecule has 0 radical (unpaired) electrons. The molecule has 0 bridgehead atoms. The summed E-state index contributed by atoms with van der Waals surface area (Å²) in [6.07, 6.45) is 0.685. The Hall–Kier alpha value is -1.53. The van der Waals surface area contributed by atoms with E-state index in [0.29, 0.717) is 13.0 Å². The summed E-state index contributed by atoms with van der Waals surface area (Å²) in [4.78, 5) is 0. The van der Waals surface area contributed by atoms with Crippen LogP contribution in [-0.4, -0.2) is 19.7 Å². The van der Waals surface area contributed by atoms with Gasteiger partial charge >= 0.3 is 0 Å². The second-order valence-corrected chi connectivity index (χ2v) is 5.86. The molecule has 1 N–H and O–H groups in total. The van der Waals surface area contributed by atoms with Crippen LogP contribution in [0.5, 0.6) is 5.75 Å². The van der Waals surface area contributed by atoms with Crippen molar-refractivity contribution in [3.63, 3.8) is 0 Å². The fourth-order valence-electron chi connectivity index (χ4n) is 1.92. The fourth-order valence-corrected chi connectivity index (χ4v) is 1.92. The maximum absolute atomic E-state index is 8.88. The molecule has 1 unspecified atom stereocenters. The normalized spacial score (nSPS) is 12.8. The average Bonchev–Trinajstić information content (AvgIpc) is 2.35. The number of benzene rings is 1. The number of rotatable bonds is 5. The van der Waals surface area contributed by atoms with Gasteiger partial charge in [0.05, 0.1) is 18.7 Å². The van der Waals surface area contributed by atoms with Crippen molar-refractivity contribution in [3.05, 3.63) is 29.3 Å². The minimum atomic E-state index is -0.150. The molecule has 1 atom stereocenters. The Morgan fingerprint density at radius 1 is 1.37 bits per heavy atom. The van der Waals surface area contributed by atoms with Gasteiger partial charge in [0.1, 0.15) is 5.75 Å². The molecule has 0 amide bonds. The Labute approximate surface area is 116 Å². The van der Waals surface area contributed by atoms with E-state index in [1.165, 1.54) is 11.1 Å². The van der Waals surface area contributed by atoms with E-state index in [2.05, 4.69) is 51.2 Å². The molecule has 0 spiro atoms. The van der Waals surface area contributed by atoms with Gasteiger partial charge in [-0.3, -0.25) is 0 Å². The number of hydrogen-bond acceptors (Lipinski definition) is 3. The Balaban J connectivity index is 2.76. The summed E-state index contributed by atoms with van der Waals surface area (Å²) in [6, 6.07) is 8.31. The summed E-state index contributed by atoms with van der Waals surface area (Å²) >= 11 is 0. The van der Waals surface area contributed by atoms with Crippen LogP contribution >= 0.6 is 0 Å². The highest BCUT2D eigenvalue weighted by Gasteiger charge is 2.19. The van der Waals surface area contributed by atoms with Gasteiger partial charge in [-0.15, -0.1) is 0 Å². The number of nitrogens with zero attached hydrogens (tertiary/aromatic N) is 1. The van der Waals surface area contributed by atoms with Crippen molar-refractivity contribution in [3.8, 4) is 11.8 Å². The molecule has 0 fully saturated rings. The minimum absolute atomic E-state index is 0.0546. The number of hydrogen-bond donors (Lipinski definition) is 1. The first-order valence-electron chi connectivity index (χ1n) is 6.69. The average molecular weight is 260 g/mol. The third kappa shape index (κ3) is 4.57. The van der Waals surface area contributed by atoms with Crippen molar-refractivity contribution in [2.45, 2.75) is 45.6 Å². The molecule has 3 nitrogen and oxygen atoms in total. The predicted octanol–water partition coefficient (Wildman–Crippen LogP) is 3.17. The first kappa shape index (κ1) is 15.5. The van der Waals surface area contributed by atoms with Crippen LogP contribution in [0, 0.1) is 18.3 Å². The van der Waals surface area contributed by atoms with Gasteiger partial charge in [-0.1, -0.05) is 38.5 Å². The summed E-state index contributed by atoms with van der Waals surface area (Å²) in [5.74, 6) is 0.922. The zero-order valence-corrected chi connectivity index (χ0v) is 12.6. The van der Waals surface area contributed by atoms with Crippen LogP contribution < -0.4 is 10.1 Å². The number of ether oxygens (including phenoxy) is 1. The molecule has 0 aliphatic rings. The second kappa shape index (κ2) is 6.58. The van der Waals surface area contributed by atoms with Crippen LogP contribution in [0.1, 0.15) is 38.3 Å². The van der Waals surface area contributed by atoms with Gasteiger partial charge in [-0.2, -0.15) is 5.26 Å². The number of aryl methyl sites for hydroxylation is 1. The Morgan fingerprint density at radius 3 is 2.58 bits per heavy atom. The molecule has 0 aliphatic heterocycles. The lowest BCUT2D eigenvalue weighted by molar-refractivity contribution is 0.293. The fraction of sp³-hybridized carbons (Fsp3) is 0.562. The van der Waals surface area contributed by atoms with Crippen molar-refractivity contribution >= 4 is 0 Å². The lowest BCUT2D eigenvalue weighted by atomic mass is 9.85. The third-order valence-electron chi connectivity index (χ3n) is 3.11. The smallest absolute Gasteiger partial charge is 0.123 e. The molecule has 0 aliphatic carbocycles. The highest BCUT2D eigenvalue weighted by atomic mass is 16.5. The number of nitriles is 1. The Kier molecular flexibility index (Phi) is 5.38. The van der Waals surface area contributed by atoms with Crippen molar-refractivity contribution in [2.24, 2.45) is 0 Å². The van der Waals surface area contributed by atoms with Crippen molar-refractivity contribution in [2.75, 3.05) is 13.7 Å². The van der Waals surface area contributed by atoms with Crippen LogP contribution in [0.2, 0.25) is 0 Å². The molecular formula is C16H24N2O. The van der Waals surface area contributed by atoms with E-state index in [-0.39, 0.29) is 11.5 Å². The Morgan fingerprint density at radius 2 is 2.05 bits per heavy atom. The van der Waals surface area contributed by atoms with Crippen molar-refractivity contribution in [1.82, 2.24) is 5.32 Å². The molecular weight excluding hydrogens is 236 g/mol. The molecule has 0 saturated heterocycles. The van der Waals surface area contributed by atoms with Gasteiger partial charge in [-0.25, -0.2) is 0 Å².